The molecule has 7 nitrogen and oxygen atoms in total. The van der Waals surface area contributed by atoms with Gasteiger partial charge in [0, 0.05) is 25.3 Å². The molecule has 134 valence electrons. The summed E-state index contributed by atoms with van der Waals surface area (Å²) in [6.45, 7) is 6.27. The van der Waals surface area contributed by atoms with Crippen LogP contribution in [0.15, 0.2) is 23.1 Å². The van der Waals surface area contributed by atoms with Gasteiger partial charge in [0.25, 0.3) is 0 Å². The molecule has 0 bridgehead atoms. The van der Waals surface area contributed by atoms with Gasteiger partial charge in [-0.15, -0.1) is 0 Å². The molecule has 2 N–H and O–H groups in total. The molecule has 1 heterocycles. The lowest BCUT2D eigenvalue weighted by molar-refractivity contribution is 0.0729. The number of benzene rings is 1. The van der Waals surface area contributed by atoms with Crippen molar-refractivity contribution in [3.05, 3.63) is 18.2 Å². The highest BCUT2D eigenvalue weighted by atomic mass is 32.2. The second-order valence-electron chi connectivity index (χ2n) is 5.10. The lowest BCUT2D eigenvalue weighted by Crippen LogP contribution is -2.40. The van der Waals surface area contributed by atoms with Gasteiger partial charge in [-0.1, -0.05) is 0 Å². The molecule has 0 aromatic heterocycles. The summed E-state index contributed by atoms with van der Waals surface area (Å²) in [5.74, 6) is 0.337. The van der Waals surface area contributed by atoms with Crippen molar-refractivity contribution in [1.29, 1.82) is 0 Å². The van der Waals surface area contributed by atoms with Crippen molar-refractivity contribution >= 4 is 33.0 Å². The number of hydrogen-bond acceptors (Lipinski definition) is 5. The third kappa shape index (κ3) is 4.56. The average molecular weight is 374 g/mol. The summed E-state index contributed by atoms with van der Waals surface area (Å²) in [5, 5.41) is 6.39. The Morgan fingerprint density at radius 2 is 2.04 bits per heavy atom. The minimum atomic E-state index is -3.66. The van der Waals surface area contributed by atoms with Gasteiger partial charge in [0.15, 0.2) is 5.11 Å². The first-order valence-electron chi connectivity index (χ1n) is 7.88. The number of ether oxygens (including phenoxy) is 2. The Morgan fingerprint density at radius 3 is 2.67 bits per heavy atom. The fraction of sp³-hybridized carbons (Fsp3) is 0.533. The Bertz CT molecular complexity index is 673. The van der Waals surface area contributed by atoms with Gasteiger partial charge in [-0.2, -0.15) is 4.31 Å². The van der Waals surface area contributed by atoms with Crippen LogP contribution in [-0.2, 0) is 14.8 Å². The quantitative estimate of drug-likeness (QED) is 0.730. The van der Waals surface area contributed by atoms with Gasteiger partial charge < -0.3 is 20.1 Å². The molecule has 1 aliphatic rings. The molecule has 9 heteroatoms. The maximum atomic E-state index is 13.0. The van der Waals surface area contributed by atoms with Crippen LogP contribution in [0.2, 0.25) is 0 Å². The Kier molecular flexibility index (Phi) is 6.79. The van der Waals surface area contributed by atoms with Crippen LogP contribution in [0.4, 0.5) is 5.69 Å². The van der Waals surface area contributed by atoms with Crippen molar-refractivity contribution in [2.75, 3.05) is 44.8 Å². The van der Waals surface area contributed by atoms with Crippen LogP contribution in [0.1, 0.15) is 13.8 Å². The standard InChI is InChI=1S/C15H23N3O4S2/c1-3-16-15(23)17-12-5-6-13(22-4-2)14(11-12)24(19,20)18-7-9-21-10-8-18/h5-6,11H,3-4,7-10H2,1-2H3,(H2,16,17,23). The molecular formula is C15H23N3O4S2. The van der Waals surface area contributed by atoms with E-state index in [9.17, 15) is 8.42 Å². The second kappa shape index (κ2) is 8.61. The van der Waals surface area contributed by atoms with E-state index in [4.69, 9.17) is 21.7 Å². The van der Waals surface area contributed by atoms with E-state index in [0.29, 0.717) is 56.0 Å². The average Bonchev–Trinajstić information content (AvgIpc) is 2.57. The minimum absolute atomic E-state index is 0.135. The molecule has 2 rings (SSSR count). The van der Waals surface area contributed by atoms with E-state index in [1.807, 2.05) is 13.8 Å². The first-order valence-corrected chi connectivity index (χ1v) is 9.73. The molecule has 0 spiro atoms. The molecular weight excluding hydrogens is 350 g/mol. The van der Waals surface area contributed by atoms with Gasteiger partial charge in [-0.25, -0.2) is 8.42 Å². The Hall–Kier alpha value is -1.42. The van der Waals surface area contributed by atoms with Gasteiger partial charge in [-0.3, -0.25) is 0 Å². The summed E-state index contributed by atoms with van der Waals surface area (Å²) in [6.07, 6.45) is 0. The van der Waals surface area contributed by atoms with Crippen LogP contribution in [0, 0.1) is 0 Å². The van der Waals surface area contributed by atoms with Crippen molar-refractivity contribution in [2.24, 2.45) is 0 Å². The van der Waals surface area contributed by atoms with Crippen LogP contribution in [0.25, 0.3) is 0 Å². The Morgan fingerprint density at radius 1 is 1.33 bits per heavy atom. The molecule has 0 atom stereocenters. The van der Waals surface area contributed by atoms with Crippen LogP contribution < -0.4 is 15.4 Å². The molecule has 1 saturated heterocycles. The molecule has 1 aliphatic heterocycles. The molecule has 24 heavy (non-hydrogen) atoms. The van der Waals surface area contributed by atoms with Gasteiger partial charge in [0.1, 0.15) is 10.6 Å². The van der Waals surface area contributed by atoms with E-state index < -0.39 is 10.0 Å². The summed E-state index contributed by atoms with van der Waals surface area (Å²) >= 11 is 5.15. The van der Waals surface area contributed by atoms with Crippen molar-refractivity contribution < 1.29 is 17.9 Å². The molecule has 1 fully saturated rings. The monoisotopic (exact) mass is 373 g/mol. The molecule has 0 unspecified atom stereocenters. The predicted octanol–water partition coefficient (Wildman–Crippen LogP) is 1.41. The lowest BCUT2D eigenvalue weighted by Gasteiger charge is -2.27. The summed E-state index contributed by atoms with van der Waals surface area (Å²) < 4.78 is 38.1. The first kappa shape index (κ1) is 18.9. The summed E-state index contributed by atoms with van der Waals surface area (Å²) in [7, 11) is -3.66. The summed E-state index contributed by atoms with van der Waals surface area (Å²) in [5.41, 5.74) is 0.594. The maximum Gasteiger partial charge on any atom is 0.246 e. The van der Waals surface area contributed by atoms with Gasteiger partial charge in [0.05, 0.1) is 19.8 Å². The predicted molar refractivity (Wildman–Crippen MR) is 97.1 cm³/mol. The van der Waals surface area contributed by atoms with Crippen LogP contribution in [-0.4, -0.2) is 57.3 Å². The Labute approximate surface area is 148 Å². The number of anilines is 1. The highest BCUT2D eigenvalue weighted by Gasteiger charge is 2.29. The topological polar surface area (TPSA) is 79.9 Å². The molecule has 1 aromatic rings. The van der Waals surface area contributed by atoms with Crippen LogP contribution >= 0.6 is 12.2 Å². The van der Waals surface area contributed by atoms with E-state index in [0.717, 1.165) is 0 Å². The van der Waals surface area contributed by atoms with E-state index >= 15 is 0 Å². The van der Waals surface area contributed by atoms with Gasteiger partial charge in [0.2, 0.25) is 10.0 Å². The highest BCUT2D eigenvalue weighted by Crippen LogP contribution is 2.30. The minimum Gasteiger partial charge on any atom is -0.492 e. The van der Waals surface area contributed by atoms with Crippen molar-refractivity contribution in [3.8, 4) is 5.75 Å². The van der Waals surface area contributed by atoms with Crippen molar-refractivity contribution in [3.63, 3.8) is 0 Å². The fourth-order valence-electron chi connectivity index (χ4n) is 2.32. The molecule has 0 saturated carbocycles. The lowest BCUT2D eigenvalue weighted by atomic mass is 10.3. The van der Waals surface area contributed by atoms with E-state index in [-0.39, 0.29) is 4.90 Å². The molecule has 0 aliphatic carbocycles. The smallest absolute Gasteiger partial charge is 0.246 e. The normalized spacial score (nSPS) is 15.8. The largest absolute Gasteiger partial charge is 0.492 e. The van der Waals surface area contributed by atoms with Crippen molar-refractivity contribution in [2.45, 2.75) is 18.7 Å². The maximum absolute atomic E-state index is 13.0. The summed E-state index contributed by atoms with van der Waals surface area (Å²) in [6, 6.07) is 4.94. The number of nitrogens with one attached hydrogen (secondary N) is 2. The number of thiocarbonyl (C=S) groups is 1. The molecule has 0 radical (unpaired) electrons. The fourth-order valence-corrected chi connectivity index (χ4v) is 4.15. The van der Waals surface area contributed by atoms with E-state index in [1.54, 1.807) is 18.2 Å². The summed E-state index contributed by atoms with van der Waals surface area (Å²) in [4.78, 5) is 0.135. The SMILES string of the molecule is CCNC(=S)Nc1ccc(OCC)c(S(=O)(=O)N2CCOCC2)c1. The van der Waals surface area contributed by atoms with Crippen molar-refractivity contribution in [1.82, 2.24) is 9.62 Å². The zero-order valence-corrected chi connectivity index (χ0v) is 15.5. The zero-order valence-electron chi connectivity index (χ0n) is 13.9. The van der Waals surface area contributed by atoms with Crippen LogP contribution in [0.3, 0.4) is 0 Å². The zero-order chi connectivity index (χ0) is 17.6. The molecule has 0 amide bonds. The van der Waals surface area contributed by atoms with Gasteiger partial charge >= 0.3 is 0 Å². The number of morpholine rings is 1. The third-order valence-corrected chi connectivity index (χ3v) is 5.59. The highest BCUT2D eigenvalue weighted by molar-refractivity contribution is 7.89. The molecule has 1 aromatic carbocycles. The number of rotatable bonds is 6. The number of nitrogens with zero attached hydrogens (tertiary/aromatic N) is 1. The third-order valence-electron chi connectivity index (χ3n) is 3.43. The van der Waals surface area contributed by atoms with Gasteiger partial charge in [-0.05, 0) is 44.3 Å². The second-order valence-corrected chi connectivity index (χ2v) is 7.41. The first-order chi connectivity index (χ1) is 11.5. The van der Waals surface area contributed by atoms with E-state index in [1.165, 1.54) is 4.31 Å². The number of sulfonamides is 1. The Balaban J connectivity index is 2.35. The van der Waals surface area contributed by atoms with Crippen LogP contribution in [0.5, 0.6) is 5.75 Å². The van der Waals surface area contributed by atoms with E-state index in [2.05, 4.69) is 10.6 Å². The number of hydrogen-bond donors (Lipinski definition) is 2.